The smallest absolute Gasteiger partial charge is 0.412 e. The summed E-state index contributed by atoms with van der Waals surface area (Å²) in [6, 6.07) is 7.79. The zero-order valence-corrected chi connectivity index (χ0v) is 15.7. The first kappa shape index (κ1) is 19.5. The van der Waals surface area contributed by atoms with Crippen molar-refractivity contribution >= 4 is 38.8 Å². The number of ether oxygens (including phenoxy) is 1. The van der Waals surface area contributed by atoms with Gasteiger partial charge in [0.25, 0.3) is 0 Å². The third kappa shape index (κ3) is 4.69. The number of nitrogens with zero attached hydrogens (tertiary/aromatic N) is 3. The van der Waals surface area contributed by atoms with Gasteiger partial charge in [0.1, 0.15) is 11.3 Å². The minimum atomic E-state index is -3.74. The maximum Gasteiger partial charge on any atom is 0.412 e. The van der Waals surface area contributed by atoms with Crippen molar-refractivity contribution in [2.75, 3.05) is 17.2 Å². The number of carbonyl (C=O) groups is 1. The highest BCUT2D eigenvalue weighted by Gasteiger charge is 2.11. The minimum Gasteiger partial charge on any atom is -0.450 e. The second-order valence-corrected chi connectivity index (χ2v) is 7.23. The second-order valence-electron chi connectivity index (χ2n) is 5.67. The molecule has 0 spiro atoms. The van der Waals surface area contributed by atoms with Gasteiger partial charge in [0.05, 0.1) is 17.2 Å². The highest BCUT2D eigenvalue weighted by molar-refractivity contribution is 7.89. The Morgan fingerprint density at radius 2 is 1.89 bits per heavy atom. The fraction of sp³-hybridized carbons (Fsp3) is 0.176. The lowest BCUT2D eigenvalue weighted by atomic mass is 10.2. The Morgan fingerprint density at radius 1 is 1.18 bits per heavy atom. The summed E-state index contributed by atoms with van der Waals surface area (Å²) in [6.07, 6.45) is 2.41. The molecule has 2 heterocycles. The molecule has 0 aliphatic carbocycles. The average molecular weight is 402 g/mol. The largest absolute Gasteiger partial charge is 0.450 e. The zero-order valence-electron chi connectivity index (χ0n) is 14.9. The molecule has 3 rings (SSSR count). The zero-order chi connectivity index (χ0) is 20.1. The number of sulfonamides is 1. The van der Waals surface area contributed by atoms with Gasteiger partial charge in [-0.25, -0.2) is 33.3 Å². The molecule has 0 atom stereocenters. The first-order valence-electron chi connectivity index (χ1n) is 8.28. The van der Waals surface area contributed by atoms with E-state index in [1.165, 1.54) is 24.5 Å². The fourth-order valence-electron chi connectivity index (χ4n) is 2.42. The summed E-state index contributed by atoms with van der Waals surface area (Å²) >= 11 is 0. The maximum absolute atomic E-state index is 11.7. The molecule has 2 aromatic heterocycles. The third-order valence-corrected chi connectivity index (χ3v) is 4.61. The molecule has 1 aromatic carbocycles. The summed E-state index contributed by atoms with van der Waals surface area (Å²) in [7, 11) is -3.74. The number of fused-ring (bicyclic) bond motifs is 1. The van der Waals surface area contributed by atoms with Gasteiger partial charge in [-0.05, 0) is 24.6 Å². The van der Waals surface area contributed by atoms with E-state index in [2.05, 4.69) is 25.6 Å². The Morgan fingerprint density at radius 3 is 2.57 bits per heavy atom. The number of rotatable bonds is 6. The van der Waals surface area contributed by atoms with E-state index in [0.29, 0.717) is 23.4 Å². The van der Waals surface area contributed by atoms with Crippen molar-refractivity contribution < 1.29 is 17.9 Å². The fourth-order valence-corrected chi connectivity index (χ4v) is 2.93. The second kappa shape index (κ2) is 8.15. The first-order valence-corrected chi connectivity index (χ1v) is 9.82. The van der Waals surface area contributed by atoms with Crippen LogP contribution in [0.5, 0.6) is 0 Å². The molecule has 28 heavy (non-hydrogen) atoms. The topological polar surface area (TPSA) is 149 Å². The molecule has 0 bridgehead atoms. The number of nitrogens with one attached hydrogen (secondary N) is 2. The summed E-state index contributed by atoms with van der Waals surface area (Å²) < 4.78 is 27.5. The standard InChI is InChI=1S/C17H18N6O4S/c1-2-27-17(24)23-14-9-13(15-16(22-14)20-8-7-19-15)21-10-11-3-5-12(6-4-11)28(18,25)26/h3-9H,2,10H2,1H3,(H2,18,25,26)(H2,20,21,22,23,24). The molecule has 4 N–H and O–H groups in total. The van der Waals surface area contributed by atoms with Gasteiger partial charge < -0.3 is 10.1 Å². The van der Waals surface area contributed by atoms with Crippen LogP contribution in [0, 0.1) is 0 Å². The number of hydrogen-bond donors (Lipinski definition) is 3. The van der Waals surface area contributed by atoms with Crippen LogP contribution < -0.4 is 15.8 Å². The van der Waals surface area contributed by atoms with Gasteiger partial charge in [-0.2, -0.15) is 0 Å². The number of hydrogen-bond acceptors (Lipinski definition) is 8. The van der Waals surface area contributed by atoms with Gasteiger partial charge in [0.15, 0.2) is 5.65 Å². The van der Waals surface area contributed by atoms with Crippen LogP contribution in [0.4, 0.5) is 16.3 Å². The quantitative estimate of drug-likeness (QED) is 0.565. The lowest BCUT2D eigenvalue weighted by Gasteiger charge is -2.11. The summed E-state index contributed by atoms with van der Waals surface area (Å²) in [5.74, 6) is 0.263. The van der Waals surface area contributed by atoms with E-state index < -0.39 is 16.1 Å². The summed E-state index contributed by atoms with van der Waals surface area (Å²) in [4.78, 5) is 24.4. The van der Waals surface area contributed by atoms with E-state index in [1.807, 2.05) is 0 Å². The van der Waals surface area contributed by atoms with Gasteiger partial charge >= 0.3 is 6.09 Å². The molecular weight excluding hydrogens is 384 g/mol. The number of carbonyl (C=O) groups excluding carboxylic acids is 1. The average Bonchev–Trinajstić information content (AvgIpc) is 2.66. The molecule has 0 fully saturated rings. The third-order valence-electron chi connectivity index (χ3n) is 3.68. The molecule has 3 aromatic rings. The number of benzene rings is 1. The Balaban J connectivity index is 1.84. The van der Waals surface area contributed by atoms with Crippen molar-refractivity contribution in [3.8, 4) is 0 Å². The van der Waals surface area contributed by atoms with E-state index in [0.717, 1.165) is 5.56 Å². The maximum atomic E-state index is 11.7. The SMILES string of the molecule is CCOC(=O)Nc1cc(NCc2ccc(S(N)(=O)=O)cc2)c2nccnc2n1. The van der Waals surface area contributed by atoms with Crippen LogP contribution in [0.3, 0.4) is 0 Å². The Kier molecular flexibility index (Phi) is 5.66. The Bertz CT molecular complexity index is 1100. The highest BCUT2D eigenvalue weighted by Crippen LogP contribution is 2.23. The Hall–Kier alpha value is -3.31. The molecule has 10 nitrogen and oxygen atoms in total. The van der Waals surface area contributed by atoms with E-state index in [4.69, 9.17) is 9.88 Å². The van der Waals surface area contributed by atoms with Crippen LogP contribution in [-0.4, -0.2) is 36.1 Å². The van der Waals surface area contributed by atoms with Gasteiger partial charge in [-0.3, -0.25) is 5.32 Å². The van der Waals surface area contributed by atoms with Crippen molar-refractivity contribution in [3.05, 3.63) is 48.3 Å². The minimum absolute atomic E-state index is 0.0393. The van der Waals surface area contributed by atoms with Gasteiger partial charge in [0.2, 0.25) is 10.0 Å². The number of primary sulfonamides is 1. The monoisotopic (exact) mass is 402 g/mol. The number of aromatic nitrogens is 3. The van der Waals surface area contributed by atoms with E-state index in [-0.39, 0.29) is 17.3 Å². The van der Waals surface area contributed by atoms with Crippen molar-refractivity contribution in [1.82, 2.24) is 15.0 Å². The van der Waals surface area contributed by atoms with Crippen LogP contribution in [0.15, 0.2) is 47.6 Å². The predicted octanol–water partition coefficient (Wildman–Crippen LogP) is 1.85. The molecule has 0 saturated carbocycles. The molecule has 0 saturated heterocycles. The van der Waals surface area contributed by atoms with E-state index in [9.17, 15) is 13.2 Å². The van der Waals surface area contributed by atoms with Crippen molar-refractivity contribution in [3.63, 3.8) is 0 Å². The number of anilines is 2. The first-order chi connectivity index (χ1) is 13.4. The molecule has 0 radical (unpaired) electrons. The van der Waals surface area contributed by atoms with E-state index >= 15 is 0 Å². The number of nitrogens with two attached hydrogens (primary N) is 1. The molecule has 146 valence electrons. The van der Waals surface area contributed by atoms with Gasteiger partial charge in [0, 0.05) is 25.0 Å². The Labute approximate surface area is 161 Å². The van der Waals surface area contributed by atoms with Crippen LogP contribution >= 0.6 is 0 Å². The van der Waals surface area contributed by atoms with Gasteiger partial charge in [-0.15, -0.1) is 0 Å². The molecule has 0 aliphatic heterocycles. The summed E-state index contributed by atoms with van der Waals surface area (Å²) in [5, 5.41) is 10.8. The van der Waals surface area contributed by atoms with Crippen molar-refractivity contribution in [2.24, 2.45) is 5.14 Å². The molecule has 1 amide bonds. The lowest BCUT2D eigenvalue weighted by Crippen LogP contribution is -2.15. The van der Waals surface area contributed by atoms with Crippen LogP contribution in [0.25, 0.3) is 11.2 Å². The van der Waals surface area contributed by atoms with E-state index in [1.54, 1.807) is 25.1 Å². The molecule has 0 aliphatic rings. The summed E-state index contributed by atoms with van der Waals surface area (Å²) in [5.41, 5.74) is 2.29. The molecule has 11 heteroatoms. The molecule has 0 unspecified atom stereocenters. The van der Waals surface area contributed by atoms with Crippen molar-refractivity contribution in [1.29, 1.82) is 0 Å². The van der Waals surface area contributed by atoms with Crippen LogP contribution in [0.1, 0.15) is 12.5 Å². The molecular formula is C17H18N6O4S. The van der Waals surface area contributed by atoms with Gasteiger partial charge in [-0.1, -0.05) is 12.1 Å². The normalized spacial score (nSPS) is 11.2. The predicted molar refractivity (Wildman–Crippen MR) is 103 cm³/mol. The highest BCUT2D eigenvalue weighted by atomic mass is 32.2. The van der Waals surface area contributed by atoms with Crippen LogP contribution in [-0.2, 0) is 21.3 Å². The number of amides is 1. The van der Waals surface area contributed by atoms with Crippen molar-refractivity contribution in [2.45, 2.75) is 18.4 Å². The van der Waals surface area contributed by atoms with Crippen LogP contribution in [0.2, 0.25) is 0 Å². The summed E-state index contributed by atoms with van der Waals surface area (Å²) in [6.45, 7) is 2.31. The lowest BCUT2D eigenvalue weighted by molar-refractivity contribution is 0.168. The number of pyridine rings is 1.